The van der Waals surface area contributed by atoms with Crippen molar-refractivity contribution in [2.75, 3.05) is 14.2 Å². The second-order valence-corrected chi connectivity index (χ2v) is 3.00. The molecule has 0 aliphatic carbocycles. The van der Waals surface area contributed by atoms with E-state index in [9.17, 15) is 0 Å². The van der Waals surface area contributed by atoms with Crippen LogP contribution in [0.15, 0.2) is 42.5 Å². The third kappa shape index (κ3) is 4.55. The van der Waals surface area contributed by atoms with Crippen LogP contribution in [0.3, 0.4) is 0 Å². The number of hydrogen-bond acceptors (Lipinski definition) is 2. The Hall–Kier alpha value is -0.527. The summed E-state index contributed by atoms with van der Waals surface area (Å²) in [4.78, 5) is 0. The summed E-state index contributed by atoms with van der Waals surface area (Å²) in [5, 5.41) is 2.47. The maximum absolute atomic E-state index is 5.12. The first-order chi connectivity index (χ1) is 7.31. The Labute approximate surface area is 119 Å². The zero-order chi connectivity index (χ0) is 11.1. The molecule has 16 heavy (non-hydrogen) atoms. The number of benzene rings is 2. The molecule has 2 rings (SSSR count). The van der Waals surface area contributed by atoms with Crippen molar-refractivity contribution in [1.82, 2.24) is 0 Å². The number of fused-ring (bicyclic) bond motifs is 1. The Morgan fingerprint density at radius 3 is 2.06 bits per heavy atom. The summed E-state index contributed by atoms with van der Waals surface area (Å²) in [6.45, 7) is 0. The Bertz CT molecular complexity index is 415. The van der Waals surface area contributed by atoms with Crippen LogP contribution in [0, 0.1) is 37.1 Å². The Morgan fingerprint density at radius 2 is 1.50 bits per heavy atom. The summed E-state index contributed by atoms with van der Waals surface area (Å²) >= 11 is 0. The van der Waals surface area contributed by atoms with Gasteiger partial charge in [-0.2, -0.15) is 0 Å². The quantitative estimate of drug-likeness (QED) is 0.634. The van der Waals surface area contributed by atoms with E-state index in [1.165, 1.54) is 17.9 Å². The molecule has 0 spiro atoms. The van der Waals surface area contributed by atoms with Gasteiger partial charge in [-0.3, -0.25) is 0 Å². The van der Waals surface area contributed by atoms with Gasteiger partial charge in [-0.15, -0.1) is 0 Å². The number of ether oxygens (including phenoxy) is 2. The van der Waals surface area contributed by atoms with Crippen LogP contribution in [0.5, 0.6) is 5.75 Å². The van der Waals surface area contributed by atoms with Crippen molar-refractivity contribution < 1.29 is 39.4 Å². The Morgan fingerprint density at radius 1 is 0.938 bits per heavy atom. The normalized spacial score (nSPS) is 8.69. The Kier molecular flexibility index (Phi) is 8.32. The molecule has 0 aliphatic rings. The topological polar surface area (TPSA) is 18.5 Å². The van der Waals surface area contributed by atoms with E-state index in [0.717, 1.165) is 5.75 Å². The van der Waals surface area contributed by atoms with Gasteiger partial charge in [-0.05, 0) is 30.0 Å². The SMILES string of the molecule is COc1ccc2ccccc2c1.[CH2-]OC.[Np]. The van der Waals surface area contributed by atoms with Gasteiger partial charge in [0.25, 0.3) is 0 Å². The van der Waals surface area contributed by atoms with E-state index < -0.39 is 0 Å². The van der Waals surface area contributed by atoms with Crippen molar-refractivity contribution in [3.8, 4) is 5.75 Å². The summed E-state index contributed by atoms with van der Waals surface area (Å²) in [6, 6.07) is 14.3. The summed E-state index contributed by atoms with van der Waals surface area (Å²) in [7, 11) is 6.18. The fourth-order valence-corrected chi connectivity index (χ4v) is 1.29. The maximum atomic E-state index is 5.12. The van der Waals surface area contributed by atoms with Crippen LogP contribution in [-0.2, 0) is 4.74 Å². The van der Waals surface area contributed by atoms with E-state index in [1.807, 2.05) is 24.3 Å². The molecule has 0 aromatic heterocycles. The van der Waals surface area contributed by atoms with Gasteiger partial charge >= 0.3 is 0 Å². The second-order valence-electron chi connectivity index (χ2n) is 3.00. The fourth-order valence-electron chi connectivity index (χ4n) is 1.29. The fraction of sp³-hybridized carbons (Fsp3) is 0.154. The number of methoxy groups -OCH3 is 2. The molecule has 85 valence electrons. The second kappa shape index (κ2) is 8.61. The minimum absolute atomic E-state index is 0. The third-order valence-corrected chi connectivity index (χ3v) is 1.96. The molecule has 0 unspecified atom stereocenters. The molecule has 2 aromatic rings. The summed E-state index contributed by atoms with van der Waals surface area (Å²) in [5.74, 6) is 0.911. The first-order valence-corrected chi connectivity index (χ1v) is 4.62. The van der Waals surface area contributed by atoms with Crippen molar-refractivity contribution in [3.63, 3.8) is 0 Å². The molecule has 0 amide bonds. The van der Waals surface area contributed by atoms with E-state index in [1.54, 1.807) is 7.11 Å². The molecule has 1 radical (unpaired) electrons. The molecule has 0 fully saturated rings. The van der Waals surface area contributed by atoms with E-state index in [0.29, 0.717) is 0 Å². The Balaban J connectivity index is 0.000000511. The van der Waals surface area contributed by atoms with Gasteiger partial charge < -0.3 is 9.47 Å². The van der Waals surface area contributed by atoms with Crippen LogP contribution in [-0.4, -0.2) is 14.2 Å². The van der Waals surface area contributed by atoms with E-state index in [2.05, 4.69) is 30.0 Å². The van der Waals surface area contributed by atoms with Crippen molar-refractivity contribution in [1.29, 1.82) is 0 Å². The minimum Gasteiger partial charge on any atom is -0.557 e. The van der Waals surface area contributed by atoms with Crippen LogP contribution in [0.4, 0.5) is 0 Å². The zero-order valence-electron chi connectivity index (χ0n) is 9.51. The average molecular weight is 440 g/mol. The molecule has 0 saturated carbocycles. The molecule has 2 aromatic carbocycles. The maximum Gasteiger partial charge on any atom is 0.119 e. The third-order valence-electron chi connectivity index (χ3n) is 1.96. The first kappa shape index (κ1) is 15.5. The molecular weight excluding hydrogens is 425 g/mol. The predicted octanol–water partition coefficient (Wildman–Crippen LogP) is 3.27. The average Bonchev–Trinajstić information content (AvgIpc) is 2.29. The molecule has 3 heteroatoms. The van der Waals surface area contributed by atoms with Gasteiger partial charge in [0, 0.05) is 29.9 Å². The van der Waals surface area contributed by atoms with Crippen LogP contribution in [0.2, 0.25) is 0 Å². The molecule has 0 N–H and O–H groups in total. The van der Waals surface area contributed by atoms with Crippen molar-refractivity contribution in [3.05, 3.63) is 49.6 Å². The van der Waals surface area contributed by atoms with Gasteiger partial charge in [0.1, 0.15) is 5.75 Å². The van der Waals surface area contributed by atoms with Gasteiger partial charge in [0.15, 0.2) is 0 Å². The summed E-state index contributed by atoms with van der Waals surface area (Å²) in [5.41, 5.74) is 0. The molecule has 0 atom stereocenters. The van der Waals surface area contributed by atoms with Crippen LogP contribution >= 0.6 is 0 Å². The zero-order valence-corrected chi connectivity index (χ0v) is 13.2. The van der Waals surface area contributed by atoms with Crippen molar-refractivity contribution in [2.24, 2.45) is 0 Å². The molecule has 0 saturated heterocycles. The van der Waals surface area contributed by atoms with Crippen LogP contribution in [0.25, 0.3) is 10.8 Å². The minimum atomic E-state index is 0. The summed E-state index contributed by atoms with van der Waals surface area (Å²) in [6.07, 6.45) is 0. The van der Waals surface area contributed by atoms with Crippen molar-refractivity contribution >= 4 is 10.8 Å². The van der Waals surface area contributed by atoms with Gasteiger partial charge in [-0.1, -0.05) is 30.3 Å². The monoisotopic (exact) mass is 439 g/mol. The van der Waals surface area contributed by atoms with E-state index in [4.69, 9.17) is 4.74 Å². The van der Waals surface area contributed by atoms with Gasteiger partial charge in [0.05, 0.1) is 7.11 Å². The number of rotatable bonds is 1. The molecule has 0 bridgehead atoms. The molecular formula is C13H15NpO2-. The van der Waals surface area contributed by atoms with E-state index in [-0.39, 0.29) is 29.9 Å². The molecule has 0 aliphatic heterocycles. The molecule has 0 heterocycles. The molecule has 2 nitrogen and oxygen atoms in total. The number of hydrogen-bond donors (Lipinski definition) is 0. The first-order valence-electron chi connectivity index (χ1n) is 4.62. The predicted molar refractivity (Wildman–Crippen MR) is 62.9 cm³/mol. The van der Waals surface area contributed by atoms with Crippen LogP contribution < -0.4 is 4.74 Å². The smallest absolute Gasteiger partial charge is 0.119 e. The standard InChI is InChI=1S/C11H10O.C2H5O.Np/c1-12-11-7-6-9-4-2-3-5-10(9)8-11;1-3-2;/h2-8H,1H3;1H2,2H3;/q;-1;. The van der Waals surface area contributed by atoms with Crippen LogP contribution in [0.1, 0.15) is 0 Å². The summed E-state index contributed by atoms with van der Waals surface area (Å²) < 4.78 is 9.12. The van der Waals surface area contributed by atoms with Gasteiger partial charge in [0.2, 0.25) is 0 Å². The van der Waals surface area contributed by atoms with Crippen molar-refractivity contribution in [2.45, 2.75) is 0 Å². The largest absolute Gasteiger partial charge is 0.557 e. The van der Waals surface area contributed by atoms with E-state index >= 15 is 0 Å². The van der Waals surface area contributed by atoms with Gasteiger partial charge in [-0.25, -0.2) is 7.11 Å².